The Hall–Kier alpha value is -2.82. The van der Waals surface area contributed by atoms with E-state index in [9.17, 15) is 9.59 Å². The Bertz CT molecular complexity index is 752. The lowest BCUT2D eigenvalue weighted by Crippen LogP contribution is -2.07. The Balaban J connectivity index is 2.83. The van der Waals surface area contributed by atoms with E-state index in [1.54, 1.807) is 30.3 Å². The Morgan fingerprint density at radius 2 is 1.64 bits per heavy atom. The highest BCUT2D eigenvalue weighted by atomic mass is 16.5. The predicted octanol–water partition coefficient (Wildman–Crippen LogP) is 2.55. The van der Waals surface area contributed by atoms with Crippen molar-refractivity contribution in [1.82, 2.24) is 0 Å². The Labute approximate surface area is 128 Å². The number of benzene rings is 1. The molecule has 2 rings (SSSR count). The van der Waals surface area contributed by atoms with Crippen LogP contribution in [0.1, 0.15) is 10.4 Å². The van der Waals surface area contributed by atoms with Crippen LogP contribution in [-0.2, 0) is 0 Å². The molecule has 0 bridgehead atoms. The molecule has 5 heteroatoms. The second kappa shape index (κ2) is 6.76. The molecule has 0 saturated carbocycles. The molecule has 0 spiro atoms. The Morgan fingerprint density at radius 1 is 0.909 bits per heavy atom. The summed E-state index contributed by atoms with van der Waals surface area (Å²) in [6.07, 6.45) is 0.760. The monoisotopic (exact) mass is 300 g/mol. The fraction of sp³-hybridized carbons (Fsp3) is 0.176. The number of methoxy groups -OCH3 is 3. The van der Waals surface area contributed by atoms with E-state index in [0.29, 0.717) is 16.9 Å². The van der Waals surface area contributed by atoms with E-state index in [2.05, 4.69) is 0 Å². The second-order valence-corrected chi connectivity index (χ2v) is 4.45. The minimum atomic E-state index is -0.403. The lowest BCUT2D eigenvalue weighted by molar-refractivity contribution is 0.112. The Kier molecular flexibility index (Phi) is 4.78. The number of hydrogen-bond donors (Lipinski definition) is 0. The third-order valence-corrected chi connectivity index (χ3v) is 3.24. The molecule has 114 valence electrons. The quantitative estimate of drug-likeness (QED) is 0.794. The number of aldehydes is 1. The van der Waals surface area contributed by atoms with Gasteiger partial charge in [-0.2, -0.15) is 0 Å². The normalized spacial score (nSPS) is 9.95. The molecule has 0 aliphatic heterocycles. The molecular formula is C17H16O5. The summed E-state index contributed by atoms with van der Waals surface area (Å²) in [4.78, 5) is 23.3. The number of carbonyl (C=O) groups is 1. The first-order valence-corrected chi connectivity index (χ1v) is 6.55. The van der Waals surface area contributed by atoms with E-state index in [0.717, 1.165) is 11.8 Å². The molecule has 0 aliphatic rings. The van der Waals surface area contributed by atoms with Crippen LogP contribution in [0.5, 0.6) is 17.2 Å². The topological polar surface area (TPSA) is 61.8 Å². The van der Waals surface area contributed by atoms with Gasteiger partial charge in [-0.15, -0.1) is 0 Å². The molecule has 2 aromatic carbocycles. The maximum atomic E-state index is 12.3. The van der Waals surface area contributed by atoms with Crippen LogP contribution in [-0.4, -0.2) is 27.6 Å². The van der Waals surface area contributed by atoms with Crippen molar-refractivity contribution in [3.8, 4) is 28.4 Å². The first-order chi connectivity index (χ1) is 10.7. The molecule has 5 nitrogen and oxygen atoms in total. The smallest absolute Gasteiger partial charge is 0.265 e. The van der Waals surface area contributed by atoms with Gasteiger partial charge < -0.3 is 14.2 Å². The van der Waals surface area contributed by atoms with E-state index < -0.39 is 5.43 Å². The largest absolute Gasteiger partial charge is 0.493 e. The number of hydrogen-bond acceptors (Lipinski definition) is 5. The molecule has 0 amide bonds. The number of carbonyl (C=O) groups excluding carboxylic acids is 1. The van der Waals surface area contributed by atoms with Crippen molar-refractivity contribution >= 4 is 6.29 Å². The van der Waals surface area contributed by atoms with Crippen LogP contribution >= 0.6 is 0 Å². The maximum Gasteiger partial charge on any atom is 0.265 e. The summed E-state index contributed by atoms with van der Waals surface area (Å²) >= 11 is 0. The summed E-state index contributed by atoms with van der Waals surface area (Å²) in [5.74, 6) is 0.489. The first-order valence-electron chi connectivity index (χ1n) is 6.55. The van der Waals surface area contributed by atoms with Crippen molar-refractivity contribution in [3.63, 3.8) is 0 Å². The van der Waals surface area contributed by atoms with Gasteiger partial charge in [0, 0.05) is 11.1 Å². The highest BCUT2D eigenvalue weighted by molar-refractivity contribution is 5.81. The van der Waals surface area contributed by atoms with Crippen LogP contribution < -0.4 is 19.6 Å². The zero-order valence-electron chi connectivity index (χ0n) is 12.6. The average Bonchev–Trinajstić information content (AvgIpc) is 2.70. The van der Waals surface area contributed by atoms with E-state index in [1.807, 2.05) is 6.07 Å². The maximum absolute atomic E-state index is 12.3. The highest BCUT2D eigenvalue weighted by Crippen LogP contribution is 2.36. The van der Waals surface area contributed by atoms with Crippen molar-refractivity contribution in [2.45, 2.75) is 0 Å². The summed E-state index contributed by atoms with van der Waals surface area (Å²) in [5.41, 5.74) is 1.49. The van der Waals surface area contributed by atoms with Gasteiger partial charge in [0.15, 0.2) is 11.5 Å². The molecule has 0 atom stereocenters. The van der Waals surface area contributed by atoms with Gasteiger partial charge in [-0.1, -0.05) is 18.2 Å². The summed E-state index contributed by atoms with van der Waals surface area (Å²) in [7, 11) is 4.26. The first kappa shape index (κ1) is 15.6. The molecule has 0 radical (unpaired) electrons. The Morgan fingerprint density at radius 3 is 2.23 bits per heavy atom. The fourth-order valence-electron chi connectivity index (χ4n) is 2.20. The molecule has 2 aromatic rings. The zero-order valence-corrected chi connectivity index (χ0v) is 12.6. The molecule has 0 unspecified atom stereocenters. The second-order valence-electron chi connectivity index (χ2n) is 4.45. The summed E-state index contributed by atoms with van der Waals surface area (Å²) in [5, 5.41) is 0. The predicted molar refractivity (Wildman–Crippen MR) is 83.2 cm³/mol. The minimum Gasteiger partial charge on any atom is -0.493 e. The molecule has 0 heterocycles. The number of ether oxygens (including phenoxy) is 3. The van der Waals surface area contributed by atoms with Gasteiger partial charge in [0.1, 0.15) is 6.29 Å². The van der Waals surface area contributed by atoms with Gasteiger partial charge in [-0.25, -0.2) is 0 Å². The van der Waals surface area contributed by atoms with Gasteiger partial charge >= 0.3 is 0 Å². The standard InChI is InChI=1S/C17H16O5/c1-20-14-8-7-13(12-6-4-5-11(9-12)10-18)16(21-2)17(22-3)15(14)19/h4-10H,1-3H3. The lowest BCUT2D eigenvalue weighted by atomic mass is 10.0. The molecule has 22 heavy (non-hydrogen) atoms. The van der Waals surface area contributed by atoms with Crippen molar-refractivity contribution in [1.29, 1.82) is 0 Å². The van der Waals surface area contributed by atoms with Crippen molar-refractivity contribution < 1.29 is 19.0 Å². The van der Waals surface area contributed by atoms with Gasteiger partial charge in [0.2, 0.25) is 5.75 Å². The summed E-state index contributed by atoms with van der Waals surface area (Å²) < 4.78 is 15.6. The zero-order chi connectivity index (χ0) is 16.1. The SMILES string of the molecule is COc1c(-c2cccc(C=O)c2)ccc(OC)c(=O)c1OC. The van der Waals surface area contributed by atoms with Gasteiger partial charge in [0.05, 0.1) is 21.3 Å². The van der Waals surface area contributed by atoms with E-state index >= 15 is 0 Å². The molecule has 0 fully saturated rings. The molecule has 0 saturated heterocycles. The van der Waals surface area contributed by atoms with Crippen LogP contribution in [0.4, 0.5) is 0 Å². The van der Waals surface area contributed by atoms with Crippen LogP contribution in [0, 0.1) is 0 Å². The van der Waals surface area contributed by atoms with Crippen molar-refractivity contribution in [2.24, 2.45) is 0 Å². The van der Waals surface area contributed by atoms with Crippen molar-refractivity contribution in [2.75, 3.05) is 21.3 Å². The van der Waals surface area contributed by atoms with E-state index in [4.69, 9.17) is 14.2 Å². The van der Waals surface area contributed by atoms with Gasteiger partial charge in [-0.05, 0) is 23.8 Å². The number of rotatable bonds is 5. The van der Waals surface area contributed by atoms with Crippen LogP contribution in [0.25, 0.3) is 11.1 Å². The van der Waals surface area contributed by atoms with Gasteiger partial charge in [0.25, 0.3) is 5.43 Å². The van der Waals surface area contributed by atoms with E-state index in [-0.39, 0.29) is 11.5 Å². The summed E-state index contributed by atoms with van der Waals surface area (Å²) in [6.45, 7) is 0. The highest BCUT2D eigenvalue weighted by Gasteiger charge is 2.17. The molecule has 0 aromatic heterocycles. The van der Waals surface area contributed by atoms with E-state index in [1.165, 1.54) is 21.3 Å². The third kappa shape index (κ3) is 2.79. The average molecular weight is 300 g/mol. The van der Waals surface area contributed by atoms with Gasteiger partial charge in [-0.3, -0.25) is 9.59 Å². The van der Waals surface area contributed by atoms with Crippen LogP contribution in [0.15, 0.2) is 41.2 Å². The lowest BCUT2D eigenvalue weighted by Gasteiger charge is -2.09. The van der Waals surface area contributed by atoms with Crippen LogP contribution in [0.3, 0.4) is 0 Å². The third-order valence-electron chi connectivity index (χ3n) is 3.24. The van der Waals surface area contributed by atoms with Crippen molar-refractivity contribution in [3.05, 3.63) is 52.2 Å². The molecule has 0 N–H and O–H groups in total. The fourth-order valence-corrected chi connectivity index (χ4v) is 2.20. The summed E-state index contributed by atoms with van der Waals surface area (Å²) in [6, 6.07) is 10.2. The molecular weight excluding hydrogens is 284 g/mol. The minimum absolute atomic E-state index is 0.0517. The van der Waals surface area contributed by atoms with Crippen LogP contribution in [0.2, 0.25) is 0 Å². The molecule has 0 aliphatic carbocycles.